The molecule has 0 spiro atoms. The van der Waals surface area contributed by atoms with Crippen molar-refractivity contribution in [1.29, 1.82) is 0 Å². The van der Waals surface area contributed by atoms with E-state index < -0.39 is 54.5 Å². The second-order valence-electron chi connectivity index (χ2n) is 22.2. The summed E-state index contributed by atoms with van der Waals surface area (Å²) in [6, 6.07) is 0. The predicted octanol–water partition coefficient (Wildman–Crippen LogP) is 7.64. The van der Waals surface area contributed by atoms with Gasteiger partial charge in [-0.05, 0) is 116 Å². The fourth-order valence-electron chi connectivity index (χ4n) is 6.61. The summed E-state index contributed by atoms with van der Waals surface area (Å²) in [5, 5.41) is 170. The topological polar surface area (TPSA) is 476 Å². The molecule has 96 heavy (non-hydrogen) atoms. The molecule has 576 valence electrons. The van der Waals surface area contributed by atoms with Gasteiger partial charge in [0.05, 0.1) is 79.3 Å². The van der Waals surface area contributed by atoms with Gasteiger partial charge in [0.2, 0.25) is 0 Å². The lowest BCUT2D eigenvalue weighted by molar-refractivity contribution is -0.138. The summed E-state index contributed by atoms with van der Waals surface area (Å²) in [4.78, 5) is 31.0. The molecule has 0 amide bonds. The Bertz CT molecular complexity index is 1370. The number of allylic oxidation sites excluding steroid dienone is 12. The van der Waals surface area contributed by atoms with Crippen molar-refractivity contribution in [3.05, 3.63) is 72.9 Å². The molecule has 0 bridgehead atoms. The van der Waals surface area contributed by atoms with Crippen LogP contribution in [0.2, 0.25) is 0 Å². The summed E-state index contributed by atoms with van der Waals surface area (Å²) in [6.45, 7) is 2.33. The highest BCUT2D eigenvalue weighted by Gasteiger charge is 2.00. The molecule has 0 aromatic rings. The fourth-order valence-corrected chi connectivity index (χ4v) is 6.61. The molecule has 0 heterocycles. The van der Waals surface area contributed by atoms with Crippen LogP contribution in [0, 0.1) is 0 Å². The lowest BCUT2D eigenvalue weighted by Gasteiger charge is -1.98. The van der Waals surface area contributed by atoms with E-state index in [9.17, 15) is 14.4 Å². The van der Waals surface area contributed by atoms with Crippen molar-refractivity contribution in [3.63, 3.8) is 0 Å². The largest absolute Gasteiger partial charge is 0.481 e. The molecule has 0 aliphatic carbocycles. The van der Waals surface area contributed by atoms with E-state index in [4.69, 9.17) is 107 Å². The van der Waals surface area contributed by atoms with Gasteiger partial charge in [-0.3, -0.25) is 14.4 Å². The van der Waals surface area contributed by atoms with Gasteiger partial charge >= 0.3 is 17.9 Å². The van der Waals surface area contributed by atoms with Crippen LogP contribution in [0.5, 0.6) is 0 Å². The van der Waals surface area contributed by atoms with Gasteiger partial charge in [-0.15, -0.1) is 0 Å². The Morgan fingerprint density at radius 1 is 0.219 bits per heavy atom. The number of rotatable bonds is 54. The molecule has 0 aromatic carbocycles. The Morgan fingerprint density at radius 3 is 0.479 bits per heavy atom. The van der Waals surface area contributed by atoms with Gasteiger partial charge in [0.1, 0.15) is 36.6 Å². The van der Waals surface area contributed by atoms with Gasteiger partial charge in [0.25, 0.3) is 0 Å². The summed E-state index contributed by atoms with van der Waals surface area (Å²) >= 11 is 0. The first-order valence-electron chi connectivity index (χ1n) is 35.1. The van der Waals surface area contributed by atoms with Gasteiger partial charge in [0.15, 0.2) is 0 Å². The second-order valence-corrected chi connectivity index (χ2v) is 22.2. The van der Waals surface area contributed by atoms with E-state index in [2.05, 4.69) is 93.7 Å². The molecule has 0 radical (unpaired) electrons. The van der Waals surface area contributed by atoms with E-state index in [0.717, 1.165) is 77.0 Å². The molecule has 0 aromatic heterocycles. The first kappa shape index (κ1) is 111. The first-order chi connectivity index (χ1) is 46.2. The van der Waals surface area contributed by atoms with Gasteiger partial charge in [-0.1, -0.05) is 190 Å². The molecule has 0 aliphatic heterocycles. The van der Waals surface area contributed by atoms with Crippen molar-refractivity contribution >= 4 is 17.9 Å². The number of aliphatic hydroxyl groups is 18. The monoisotopic (exact) mass is 1390 g/mol. The second kappa shape index (κ2) is 107. The molecule has 0 aliphatic rings. The van der Waals surface area contributed by atoms with E-state index in [1.54, 1.807) is 0 Å². The third-order valence-electron chi connectivity index (χ3n) is 12.6. The number of carbonyl (C=O) groups is 3. The Balaban J connectivity index is -0.000000135. The highest BCUT2D eigenvalue weighted by atomic mass is 16.4. The van der Waals surface area contributed by atoms with Crippen LogP contribution < -0.4 is 0 Å². The lowest BCUT2D eigenvalue weighted by Crippen LogP contribution is -2.15. The minimum absolute atomic E-state index is 0.324. The van der Waals surface area contributed by atoms with E-state index in [0.29, 0.717) is 19.3 Å². The number of aliphatic hydroxyl groups excluding tert-OH is 18. The van der Waals surface area contributed by atoms with Crippen molar-refractivity contribution in [2.75, 3.05) is 79.3 Å². The van der Waals surface area contributed by atoms with Crippen molar-refractivity contribution < 1.29 is 122 Å². The smallest absolute Gasteiger partial charge is 0.303 e. The Hall–Kier alpha value is -3.87. The minimum atomic E-state index is -0.954. The molecular formula is C72H144O24. The van der Waals surface area contributed by atoms with Crippen LogP contribution in [-0.4, -0.2) is 241 Å². The standard InChI is InChI=1S/3C18H32O2.6C3H8O3/c3*1-2-3-4-5-6-7-8-9-10-11-12-13-14-15-16-17-18(19)20;6*4-1-3(6)2-5/h3*6-7,9-10H,2-5,8,11-17H2,1H3,(H,19,20);6*3-6H,1-2H2/b3*7-6-,10-9-;;;;;;. The van der Waals surface area contributed by atoms with Crippen molar-refractivity contribution in [3.8, 4) is 0 Å². The summed E-state index contributed by atoms with van der Waals surface area (Å²) in [5.74, 6) is -2.01. The average molecular weight is 1390 g/mol. The number of carboxylic acids is 3. The van der Waals surface area contributed by atoms with Crippen LogP contribution >= 0.6 is 0 Å². The summed E-state index contributed by atoms with van der Waals surface area (Å²) in [6.07, 6.45) is 61.1. The SMILES string of the molecule is CCCCC/C=C\C/C=C\CCCCCCCC(=O)O.CCCCC/C=C\C/C=C\CCCCCCCC(=O)O.CCCCC/C=C\C/C=C\CCCCCCCC(=O)O.OCC(O)CO.OCC(O)CO.OCC(O)CO.OCC(O)CO.OCC(O)CO.OCC(O)CO. The van der Waals surface area contributed by atoms with Crippen LogP contribution in [0.1, 0.15) is 252 Å². The minimum Gasteiger partial charge on any atom is -0.481 e. The van der Waals surface area contributed by atoms with Crippen LogP contribution in [0.4, 0.5) is 0 Å². The zero-order chi connectivity index (χ0) is 74.6. The summed E-state index contributed by atoms with van der Waals surface area (Å²) < 4.78 is 0. The molecule has 0 rings (SSSR count). The number of hydrogen-bond donors (Lipinski definition) is 21. The van der Waals surface area contributed by atoms with E-state index in [1.807, 2.05) is 0 Å². The predicted molar refractivity (Wildman–Crippen MR) is 382 cm³/mol. The number of carboxylic acid groups (broad SMARTS) is 3. The zero-order valence-corrected chi connectivity index (χ0v) is 59.4. The van der Waals surface area contributed by atoms with Crippen molar-refractivity contribution in [2.45, 2.75) is 289 Å². The molecular weight excluding hydrogens is 1250 g/mol. The average Bonchev–Trinajstić information content (AvgIpc) is 3.60. The number of aliphatic carboxylic acids is 3. The molecule has 0 saturated carbocycles. The van der Waals surface area contributed by atoms with Crippen LogP contribution in [-0.2, 0) is 14.4 Å². The maximum atomic E-state index is 10.3. The van der Waals surface area contributed by atoms with Crippen molar-refractivity contribution in [2.24, 2.45) is 0 Å². The summed E-state index contributed by atoms with van der Waals surface area (Å²) in [5.41, 5.74) is 0. The molecule has 21 N–H and O–H groups in total. The number of unbranched alkanes of at least 4 members (excludes halogenated alkanes) is 24. The third kappa shape index (κ3) is 142. The van der Waals surface area contributed by atoms with Gasteiger partial charge < -0.3 is 107 Å². The normalized spacial score (nSPS) is 11.0. The number of hydrogen-bond acceptors (Lipinski definition) is 21. The van der Waals surface area contributed by atoms with Crippen molar-refractivity contribution in [1.82, 2.24) is 0 Å². The van der Waals surface area contributed by atoms with Gasteiger partial charge in [-0.25, -0.2) is 0 Å². The molecule has 24 nitrogen and oxygen atoms in total. The molecule has 0 atom stereocenters. The Morgan fingerprint density at radius 2 is 0.354 bits per heavy atom. The highest BCUT2D eigenvalue weighted by molar-refractivity contribution is 5.67. The quantitative estimate of drug-likeness (QED) is 0.0205. The highest BCUT2D eigenvalue weighted by Crippen LogP contribution is 2.11. The molecule has 24 heteroatoms. The summed E-state index contributed by atoms with van der Waals surface area (Å²) in [7, 11) is 0. The van der Waals surface area contributed by atoms with E-state index in [-0.39, 0.29) is 79.3 Å². The maximum absolute atomic E-state index is 10.3. The first-order valence-corrected chi connectivity index (χ1v) is 35.1. The maximum Gasteiger partial charge on any atom is 0.303 e. The Labute approximate surface area is 578 Å². The lowest BCUT2D eigenvalue weighted by atomic mass is 10.1. The third-order valence-corrected chi connectivity index (χ3v) is 12.6. The molecule has 0 fully saturated rings. The van der Waals surface area contributed by atoms with E-state index in [1.165, 1.54) is 135 Å². The van der Waals surface area contributed by atoms with E-state index >= 15 is 0 Å². The Kier molecular flexibility index (Phi) is 124. The zero-order valence-electron chi connectivity index (χ0n) is 59.4. The van der Waals surface area contributed by atoms with Crippen LogP contribution in [0.15, 0.2) is 72.9 Å². The van der Waals surface area contributed by atoms with Crippen LogP contribution in [0.3, 0.4) is 0 Å². The van der Waals surface area contributed by atoms with Gasteiger partial charge in [0, 0.05) is 19.3 Å². The van der Waals surface area contributed by atoms with Crippen LogP contribution in [0.25, 0.3) is 0 Å². The molecule has 0 unspecified atom stereocenters. The fraction of sp³-hybridized carbons (Fsp3) is 0.792. The van der Waals surface area contributed by atoms with Gasteiger partial charge in [-0.2, -0.15) is 0 Å². The molecule has 0 saturated heterocycles.